The molecule has 0 bridgehead atoms. The van der Waals surface area contributed by atoms with Crippen LogP contribution < -0.4 is 15.0 Å². The van der Waals surface area contributed by atoms with Crippen molar-refractivity contribution in [2.24, 2.45) is 5.41 Å². The van der Waals surface area contributed by atoms with Crippen molar-refractivity contribution in [2.45, 2.75) is 58.0 Å². The molecule has 2 aromatic heterocycles. The lowest BCUT2D eigenvalue weighted by atomic mass is 9.73. The Hall–Kier alpha value is -3.48. The first-order valence-electron chi connectivity index (χ1n) is 16.9. The lowest BCUT2D eigenvalue weighted by Gasteiger charge is -2.48. The summed E-state index contributed by atoms with van der Waals surface area (Å²) in [6.07, 6.45) is 1.66. The van der Waals surface area contributed by atoms with E-state index in [-0.39, 0.29) is 11.7 Å². The zero-order valence-corrected chi connectivity index (χ0v) is 27.5. The summed E-state index contributed by atoms with van der Waals surface area (Å²) in [7, 11) is 1.71. The SMILES string of the molecule is CCc1cc2c(N3CCC4(CC3)CNC4)nc(C3CCN(CCOC)CC3)nc2c(OCC(F)(F)F)c1-c1c(C)ccc2[nH]ncc12. The average molecular weight is 652 g/mol. The molecule has 0 radical (unpaired) electrons. The average Bonchev–Trinajstić information content (AvgIpc) is 3.54. The van der Waals surface area contributed by atoms with Crippen LogP contribution in [0.15, 0.2) is 24.4 Å². The van der Waals surface area contributed by atoms with Crippen LogP contribution in [-0.4, -0.2) is 97.4 Å². The number of rotatable bonds is 9. The maximum atomic E-state index is 13.9. The van der Waals surface area contributed by atoms with Gasteiger partial charge in [-0.25, -0.2) is 9.97 Å². The lowest BCUT2D eigenvalue weighted by Crippen LogP contribution is -2.58. The predicted octanol–water partition coefficient (Wildman–Crippen LogP) is 6.00. The Morgan fingerprint density at radius 3 is 2.45 bits per heavy atom. The largest absolute Gasteiger partial charge is 0.481 e. The molecule has 5 heterocycles. The molecular weight excluding hydrogens is 607 g/mol. The van der Waals surface area contributed by atoms with Crippen LogP contribution >= 0.6 is 0 Å². The van der Waals surface area contributed by atoms with E-state index in [9.17, 15) is 13.2 Å². The molecule has 2 aromatic carbocycles. The summed E-state index contributed by atoms with van der Waals surface area (Å²) >= 11 is 0. The predicted molar refractivity (Wildman–Crippen MR) is 177 cm³/mol. The molecule has 12 heteroatoms. The van der Waals surface area contributed by atoms with Gasteiger partial charge in [0, 0.05) is 62.1 Å². The Kier molecular flexibility index (Phi) is 8.77. The number of H-pyrrole nitrogens is 1. The zero-order chi connectivity index (χ0) is 32.8. The van der Waals surface area contributed by atoms with Gasteiger partial charge in [0.1, 0.15) is 17.2 Å². The standard InChI is InChI=1S/C35H44F3N7O2/c1-4-23-17-25-30(31(47-21-35(36,37)38)29(23)28-22(2)5-6-27-26(28)18-40-43-27)41-32(24-7-11-44(12-8-24)15-16-46-3)42-33(25)45-13-9-34(10-14-45)19-39-20-34/h5-6,17-18,24,39H,4,7-16,19-21H2,1-3H3,(H,40,43). The maximum absolute atomic E-state index is 13.9. The van der Waals surface area contributed by atoms with E-state index in [1.165, 1.54) is 0 Å². The van der Waals surface area contributed by atoms with Crippen molar-refractivity contribution in [3.63, 3.8) is 0 Å². The monoisotopic (exact) mass is 651 g/mol. The van der Waals surface area contributed by atoms with Crippen molar-refractivity contribution in [1.29, 1.82) is 0 Å². The van der Waals surface area contributed by atoms with Crippen molar-refractivity contribution < 1.29 is 22.6 Å². The van der Waals surface area contributed by atoms with Crippen LogP contribution in [0.3, 0.4) is 0 Å². The first kappa shape index (κ1) is 32.1. The van der Waals surface area contributed by atoms with Crippen LogP contribution in [-0.2, 0) is 11.2 Å². The number of ether oxygens (including phenoxy) is 2. The number of piperidine rings is 2. The number of anilines is 1. The van der Waals surface area contributed by atoms with Crippen molar-refractivity contribution in [1.82, 2.24) is 30.4 Å². The van der Waals surface area contributed by atoms with Crippen molar-refractivity contribution in [3.05, 3.63) is 41.3 Å². The summed E-state index contributed by atoms with van der Waals surface area (Å²) in [5.74, 6) is 1.76. The molecule has 2 N–H and O–H groups in total. The van der Waals surface area contributed by atoms with E-state index >= 15 is 0 Å². The molecule has 3 aliphatic rings. The highest BCUT2D eigenvalue weighted by Gasteiger charge is 2.41. The first-order chi connectivity index (χ1) is 22.7. The van der Waals surface area contributed by atoms with E-state index in [4.69, 9.17) is 19.4 Å². The molecule has 0 atom stereocenters. The lowest BCUT2D eigenvalue weighted by molar-refractivity contribution is -0.153. The summed E-state index contributed by atoms with van der Waals surface area (Å²) in [6.45, 7) is 9.70. The Balaban J connectivity index is 1.42. The van der Waals surface area contributed by atoms with Gasteiger partial charge in [0.2, 0.25) is 0 Å². The highest BCUT2D eigenvalue weighted by Crippen LogP contribution is 2.47. The highest BCUT2D eigenvalue weighted by atomic mass is 19.4. The number of alkyl halides is 3. The minimum Gasteiger partial charge on any atom is -0.481 e. The van der Waals surface area contributed by atoms with Gasteiger partial charge in [0.25, 0.3) is 0 Å². The van der Waals surface area contributed by atoms with Gasteiger partial charge < -0.3 is 24.6 Å². The highest BCUT2D eigenvalue weighted by molar-refractivity contribution is 6.05. The normalized spacial score (nSPS) is 19.1. The van der Waals surface area contributed by atoms with E-state index < -0.39 is 12.8 Å². The summed E-state index contributed by atoms with van der Waals surface area (Å²) in [6, 6.07) is 6.02. The number of hydrogen-bond donors (Lipinski definition) is 2. The number of fused-ring (bicyclic) bond motifs is 2. The number of methoxy groups -OCH3 is 1. The number of likely N-dealkylation sites (tertiary alicyclic amines) is 1. The molecule has 0 amide bonds. The number of aryl methyl sites for hydroxylation is 2. The molecule has 0 saturated carbocycles. The Morgan fingerprint density at radius 2 is 1.79 bits per heavy atom. The molecule has 0 unspecified atom stereocenters. The van der Waals surface area contributed by atoms with Crippen LogP contribution in [0.1, 0.15) is 55.5 Å². The van der Waals surface area contributed by atoms with E-state index in [1.807, 2.05) is 26.0 Å². The van der Waals surface area contributed by atoms with Gasteiger partial charge in [-0.1, -0.05) is 13.0 Å². The Morgan fingerprint density at radius 1 is 1.02 bits per heavy atom. The van der Waals surface area contributed by atoms with E-state index in [0.29, 0.717) is 35.3 Å². The van der Waals surface area contributed by atoms with Crippen LogP contribution in [0, 0.1) is 12.3 Å². The molecule has 0 aliphatic carbocycles. The topological polar surface area (TPSA) is 91.4 Å². The molecule has 7 rings (SSSR count). The third kappa shape index (κ3) is 6.27. The molecule has 47 heavy (non-hydrogen) atoms. The van der Waals surface area contributed by atoms with E-state index in [0.717, 1.165) is 110 Å². The second-order valence-electron chi connectivity index (χ2n) is 13.6. The summed E-state index contributed by atoms with van der Waals surface area (Å²) < 4.78 is 53.0. The molecular formula is C35H44F3N7O2. The summed E-state index contributed by atoms with van der Waals surface area (Å²) in [5, 5.41) is 12.3. The number of aromatic amines is 1. The number of hydrogen-bond acceptors (Lipinski definition) is 8. The number of halogens is 3. The molecule has 252 valence electrons. The van der Waals surface area contributed by atoms with Gasteiger partial charge in [-0.05, 0) is 86.4 Å². The van der Waals surface area contributed by atoms with Gasteiger partial charge in [-0.15, -0.1) is 0 Å². The minimum absolute atomic E-state index is 0.0905. The minimum atomic E-state index is -4.52. The van der Waals surface area contributed by atoms with Crippen molar-refractivity contribution in [2.75, 3.05) is 71.0 Å². The Labute approximate surface area is 273 Å². The van der Waals surface area contributed by atoms with Gasteiger partial charge in [-0.3, -0.25) is 5.10 Å². The molecule has 9 nitrogen and oxygen atoms in total. The summed E-state index contributed by atoms with van der Waals surface area (Å²) in [5.41, 5.74) is 4.89. The second kappa shape index (κ2) is 12.9. The zero-order valence-electron chi connectivity index (χ0n) is 27.5. The van der Waals surface area contributed by atoms with Gasteiger partial charge in [0.05, 0.1) is 18.3 Å². The number of aromatic nitrogens is 4. The van der Waals surface area contributed by atoms with E-state index in [1.54, 1.807) is 13.3 Å². The van der Waals surface area contributed by atoms with Crippen molar-refractivity contribution >= 4 is 27.6 Å². The smallest absolute Gasteiger partial charge is 0.422 e. The van der Waals surface area contributed by atoms with Crippen LogP contribution in [0.5, 0.6) is 5.75 Å². The summed E-state index contributed by atoms with van der Waals surface area (Å²) in [4.78, 5) is 15.1. The fourth-order valence-electron chi connectivity index (χ4n) is 7.68. The molecule has 1 spiro atoms. The molecule has 3 saturated heterocycles. The second-order valence-corrected chi connectivity index (χ2v) is 13.6. The van der Waals surface area contributed by atoms with Crippen LogP contribution in [0.25, 0.3) is 32.9 Å². The van der Waals surface area contributed by atoms with Crippen LogP contribution in [0.4, 0.5) is 19.0 Å². The van der Waals surface area contributed by atoms with Gasteiger partial charge in [-0.2, -0.15) is 18.3 Å². The molecule has 4 aromatic rings. The third-order valence-electron chi connectivity index (χ3n) is 10.6. The number of nitrogens with zero attached hydrogens (tertiary/aromatic N) is 5. The molecule has 3 aliphatic heterocycles. The van der Waals surface area contributed by atoms with Gasteiger partial charge in [0.15, 0.2) is 12.4 Å². The van der Waals surface area contributed by atoms with E-state index in [2.05, 4.69) is 31.4 Å². The number of nitrogens with one attached hydrogen (secondary N) is 2. The molecule has 3 fully saturated rings. The third-order valence-corrected chi connectivity index (χ3v) is 10.6. The van der Waals surface area contributed by atoms with Crippen molar-refractivity contribution in [3.8, 4) is 16.9 Å². The van der Waals surface area contributed by atoms with Crippen LogP contribution in [0.2, 0.25) is 0 Å². The number of benzene rings is 2. The first-order valence-corrected chi connectivity index (χ1v) is 16.9. The fraction of sp³-hybridized carbons (Fsp3) is 0.571. The maximum Gasteiger partial charge on any atom is 0.422 e. The Bertz CT molecular complexity index is 1740. The quantitative estimate of drug-likeness (QED) is 0.228. The van der Waals surface area contributed by atoms with Gasteiger partial charge >= 0.3 is 6.18 Å². The fourth-order valence-corrected chi connectivity index (χ4v) is 7.68.